The van der Waals surface area contributed by atoms with E-state index in [1.54, 1.807) is 24.3 Å². The van der Waals surface area contributed by atoms with Crippen LogP contribution < -0.4 is 5.32 Å². The van der Waals surface area contributed by atoms with Crippen LogP contribution in [0.3, 0.4) is 0 Å². The summed E-state index contributed by atoms with van der Waals surface area (Å²) in [7, 11) is 0. The summed E-state index contributed by atoms with van der Waals surface area (Å²) in [5.41, 5.74) is 1.35. The topological polar surface area (TPSA) is 80.1 Å². The summed E-state index contributed by atoms with van der Waals surface area (Å²) in [6, 6.07) is 7.09. The van der Waals surface area contributed by atoms with Gasteiger partial charge in [0.1, 0.15) is 0 Å². The Morgan fingerprint density at radius 2 is 2.19 bits per heavy atom. The van der Waals surface area contributed by atoms with Crippen LogP contribution in [0, 0.1) is 4.84 Å². The standard InChI is InChI=1S/C14H15N3O3S/c1-8-11(6-7-19-8)15-12(18)9-2-4-10(5-3-9)13-16-17-14(21)20-13/h2-5,8,11H,6-7H2,1H3,(H,15,18)(H,17,21)/t8-,11+/m0/s1. The van der Waals surface area contributed by atoms with E-state index in [4.69, 9.17) is 21.4 Å². The number of benzene rings is 1. The van der Waals surface area contributed by atoms with E-state index in [9.17, 15) is 4.79 Å². The summed E-state index contributed by atoms with van der Waals surface area (Å²) in [6.07, 6.45) is 0.903. The van der Waals surface area contributed by atoms with Gasteiger partial charge in [-0.15, -0.1) is 5.10 Å². The average Bonchev–Trinajstić information content (AvgIpc) is 3.08. The molecule has 1 fully saturated rings. The molecule has 0 saturated carbocycles. The van der Waals surface area contributed by atoms with Gasteiger partial charge in [0, 0.05) is 17.7 Å². The van der Waals surface area contributed by atoms with Crippen molar-refractivity contribution in [2.24, 2.45) is 0 Å². The Balaban J connectivity index is 1.71. The summed E-state index contributed by atoms with van der Waals surface area (Å²) in [6.45, 7) is 2.65. The molecular weight excluding hydrogens is 290 g/mol. The Bertz CT molecular complexity index is 692. The molecule has 2 N–H and O–H groups in total. The van der Waals surface area contributed by atoms with E-state index in [0.29, 0.717) is 18.1 Å². The zero-order chi connectivity index (χ0) is 14.8. The minimum absolute atomic E-state index is 0.0570. The molecule has 2 aromatic rings. The fraction of sp³-hybridized carbons (Fsp3) is 0.357. The summed E-state index contributed by atoms with van der Waals surface area (Å²) in [4.78, 5) is 12.4. The van der Waals surface area contributed by atoms with Crippen molar-refractivity contribution in [1.29, 1.82) is 0 Å². The third-order valence-electron chi connectivity index (χ3n) is 3.52. The highest BCUT2D eigenvalue weighted by Gasteiger charge is 2.25. The van der Waals surface area contributed by atoms with Crippen molar-refractivity contribution >= 4 is 18.1 Å². The van der Waals surface area contributed by atoms with Crippen molar-refractivity contribution in [2.45, 2.75) is 25.5 Å². The first kappa shape index (κ1) is 14.0. The second kappa shape index (κ2) is 5.79. The Labute approximate surface area is 126 Å². The first-order valence-corrected chi connectivity index (χ1v) is 7.13. The van der Waals surface area contributed by atoms with E-state index in [0.717, 1.165) is 12.0 Å². The predicted octanol–water partition coefficient (Wildman–Crippen LogP) is 2.31. The van der Waals surface area contributed by atoms with Crippen molar-refractivity contribution in [1.82, 2.24) is 15.5 Å². The normalized spacial score (nSPS) is 21.4. The van der Waals surface area contributed by atoms with E-state index >= 15 is 0 Å². The molecule has 1 aromatic carbocycles. The van der Waals surface area contributed by atoms with Gasteiger partial charge in [-0.2, -0.15) is 0 Å². The Hall–Kier alpha value is -1.99. The number of nitrogens with zero attached hydrogens (tertiary/aromatic N) is 1. The highest BCUT2D eigenvalue weighted by atomic mass is 32.1. The molecule has 2 heterocycles. The maximum Gasteiger partial charge on any atom is 0.284 e. The van der Waals surface area contributed by atoms with Gasteiger partial charge in [0.05, 0.1) is 12.1 Å². The lowest BCUT2D eigenvalue weighted by Crippen LogP contribution is -2.39. The second-order valence-corrected chi connectivity index (χ2v) is 5.31. The molecule has 7 heteroatoms. The first-order valence-electron chi connectivity index (χ1n) is 6.72. The van der Waals surface area contributed by atoms with Crippen molar-refractivity contribution in [2.75, 3.05) is 6.61 Å². The number of carbonyl (C=O) groups excluding carboxylic acids is 1. The van der Waals surface area contributed by atoms with Crippen molar-refractivity contribution in [3.05, 3.63) is 34.7 Å². The van der Waals surface area contributed by atoms with Crippen LogP contribution in [0.25, 0.3) is 11.5 Å². The van der Waals surface area contributed by atoms with E-state index in [1.165, 1.54) is 0 Å². The Morgan fingerprint density at radius 1 is 1.43 bits per heavy atom. The second-order valence-electron chi connectivity index (χ2n) is 4.94. The number of aromatic nitrogens is 2. The SMILES string of the molecule is C[C@@H]1OCC[C@H]1NC(=O)c1ccc(-c2n[nH]c(=S)o2)cc1. The molecule has 1 aliphatic heterocycles. The third-order valence-corrected chi connectivity index (χ3v) is 3.70. The van der Waals surface area contributed by atoms with Crippen LogP contribution in [0.1, 0.15) is 23.7 Å². The van der Waals surface area contributed by atoms with Gasteiger partial charge in [-0.05, 0) is 49.8 Å². The maximum atomic E-state index is 12.2. The van der Waals surface area contributed by atoms with Crippen molar-refractivity contribution in [3.8, 4) is 11.5 Å². The molecule has 0 bridgehead atoms. The molecule has 0 radical (unpaired) electrons. The number of rotatable bonds is 3. The zero-order valence-electron chi connectivity index (χ0n) is 11.5. The molecule has 110 valence electrons. The van der Waals surface area contributed by atoms with Crippen LogP contribution in [0.15, 0.2) is 28.7 Å². The zero-order valence-corrected chi connectivity index (χ0v) is 12.3. The molecular formula is C14H15N3O3S. The Kier molecular flexibility index (Phi) is 3.85. The number of aromatic amines is 1. The van der Waals surface area contributed by atoms with E-state index < -0.39 is 0 Å². The van der Waals surface area contributed by atoms with E-state index in [1.807, 2.05) is 6.92 Å². The van der Waals surface area contributed by atoms with Gasteiger partial charge in [0.2, 0.25) is 5.89 Å². The number of carbonyl (C=O) groups is 1. The van der Waals surface area contributed by atoms with E-state index in [-0.39, 0.29) is 22.9 Å². The van der Waals surface area contributed by atoms with Gasteiger partial charge in [-0.25, -0.2) is 5.10 Å². The molecule has 0 spiro atoms. The number of H-pyrrole nitrogens is 1. The number of hydrogen-bond donors (Lipinski definition) is 2. The number of ether oxygens (including phenoxy) is 1. The van der Waals surface area contributed by atoms with Crippen LogP contribution in [0.4, 0.5) is 0 Å². The monoisotopic (exact) mass is 305 g/mol. The molecule has 1 amide bonds. The van der Waals surface area contributed by atoms with E-state index in [2.05, 4.69) is 15.5 Å². The largest absolute Gasteiger partial charge is 0.409 e. The minimum atomic E-state index is -0.105. The lowest BCUT2D eigenvalue weighted by atomic mass is 10.1. The summed E-state index contributed by atoms with van der Waals surface area (Å²) in [5.74, 6) is 0.302. The maximum absolute atomic E-state index is 12.2. The molecule has 6 nitrogen and oxygen atoms in total. The van der Waals surface area contributed by atoms with Gasteiger partial charge in [0.25, 0.3) is 10.7 Å². The number of hydrogen-bond acceptors (Lipinski definition) is 5. The summed E-state index contributed by atoms with van der Waals surface area (Å²) >= 11 is 4.83. The van der Waals surface area contributed by atoms with Gasteiger partial charge < -0.3 is 14.5 Å². The van der Waals surface area contributed by atoms with Crippen LogP contribution in [-0.2, 0) is 4.74 Å². The van der Waals surface area contributed by atoms with Crippen LogP contribution in [0.2, 0.25) is 0 Å². The van der Waals surface area contributed by atoms with Crippen LogP contribution in [0.5, 0.6) is 0 Å². The molecule has 1 aliphatic rings. The molecule has 2 atom stereocenters. The van der Waals surface area contributed by atoms with Gasteiger partial charge in [-0.3, -0.25) is 4.79 Å². The minimum Gasteiger partial charge on any atom is -0.409 e. The highest BCUT2D eigenvalue weighted by molar-refractivity contribution is 7.71. The average molecular weight is 305 g/mol. The number of nitrogens with one attached hydrogen (secondary N) is 2. The quantitative estimate of drug-likeness (QED) is 0.851. The number of amides is 1. The van der Waals surface area contributed by atoms with Gasteiger partial charge >= 0.3 is 0 Å². The molecule has 21 heavy (non-hydrogen) atoms. The molecule has 0 unspecified atom stereocenters. The highest BCUT2D eigenvalue weighted by Crippen LogP contribution is 2.18. The lowest BCUT2D eigenvalue weighted by molar-refractivity contribution is 0.0866. The predicted molar refractivity (Wildman–Crippen MR) is 78.4 cm³/mol. The summed E-state index contributed by atoms with van der Waals surface area (Å²) in [5, 5.41) is 9.49. The van der Waals surface area contributed by atoms with Gasteiger partial charge in [-0.1, -0.05) is 0 Å². The van der Waals surface area contributed by atoms with Crippen molar-refractivity contribution in [3.63, 3.8) is 0 Å². The fourth-order valence-corrected chi connectivity index (χ4v) is 2.42. The smallest absolute Gasteiger partial charge is 0.284 e. The molecule has 3 rings (SSSR count). The van der Waals surface area contributed by atoms with Crippen LogP contribution >= 0.6 is 12.2 Å². The molecule has 0 aliphatic carbocycles. The van der Waals surface area contributed by atoms with Crippen molar-refractivity contribution < 1.29 is 13.9 Å². The first-order chi connectivity index (χ1) is 10.1. The summed E-state index contributed by atoms with van der Waals surface area (Å²) < 4.78 is 10.7. The van der Waals surface area contributed by atoms with Gasteiger partial charge in [0.15, 0.2) is 0 Å². The molecule has 1 saturated heterocycles. The fourth-order valence-electron chi connectivity index (χ4n) is 2.29. The lowest BCUT2D eigenvalue weighted by Gasteiger charge is -2.15. The molecule has 1 aromatic heterocycles. The third kappa shape index (κ3) is 3.03. The Morgan fingerprint density at radius 3 is 2.76 bits per heavy atom. The van der Waals surface area contributed by atoms with Crippen LogP contribution in [-0.4, -0.2) is 34.9 Å².